The van der Waals surface area contributed by atoms with Gasteiger partial charge in [-0.15, -0.1) is 0 Å². The number of hydrogen-bond acceptors (Lipinski definition) is 6. The van der Waals surface area contributed by atoms with Crippen molar-refractivity contribution in [1.29, 1.82) is 0 Å². The van der Waals surface area contributed by atoms with Crippen LogP contribution in [0.15, 0.2) is 121 Å². The van der Waals surface area contributed by atoms with Crippen LogP contribution in [0, 0.1) is 0 Å². The number of hydrogen-bond donors (Lipinski definition) is 1. The highest BCUT2D eigenvalue weighted by Gasteiger charge is 2.49. The zero-order valence-corrected chi connectivity index (χ0v) is 21.9. The lowest BCUT2D eigenvalue weighted by molar-refractivity contribution is -0.244. The van der Waals surface area contributed by atoms with Crippen molar-refractivity contribution >= 4 is 0 Å². The molecule has 0 aromatic heterocycles. The second kappa shape index (κ2) is 14.1. The molecule has 1 aliphatic rings. The van der Waals surface area contributed by atoms with E-state index in [1.54, 1.807) is 0 Å². The topological polar surface area (TPSA) is 60.4 Å². The standard InChI is InChI=1S/C33H35NO5/c35-34(21-26-13-5-1-6-14-26)33-32(38-24-29-19-11-4-12-20-29)31(37-23-28-17-9-3-10-18-28)30(39-33)25-36-22-27-15-7-2-8-16-27/h1-20,30-33,35H,21-25H2/t30-,31-,32+,33-/m1/s1. The highest BCUT2D eigenvalue weighted by molar-refractivity contribution is 5.16. The molecule has 6 heteroatoms. The summed E-state index contributed by atoms with van der Waals surface area (Å²) in [4.78, 5) is 0. The van der Waals surface area contributed by atoms with Gasteiger partial charge in [0, 0.05) is 0 Å². The number of ether oxygens (including phenoxy) is 4. The number of benzene rings is 4. The number of rotatable bonds is 13. The van der Waals surface area contributed by atoms with Crippen LogP contribution in [0.5, 0.6) is 0 Å². The average Bonchev–Trinajstić information content (AvgIpc) is 3.34. The van der Waals surface area contributed by atoms with Crippen LogP contribution in [0.2, 0.25) is 0 Å². The van der Waals surface area contributed by atoms with E-state index in [4.69, 9.17) is 18.9 Å². The summed E-state index contributed by atoms with van der Waals surface area (Å²) in [7, 11) is 0. The molecule has 6 nitrogen and oxygen atoms in total. The van der Waals surface area contributed by atoms with E-state index in [-0.39, 0.29) is 0 Å². The Morgan fingerprint density at radius 3 is 1.51 bits per heavy atom. The Morgan fingerprint density at radius 1 is 0.564 bits per heavy atom. The first-order valence-corrected chi connectivity index (χ1v) is 13.3. The van der Waals surface area contributed by atoms with Crippen LogP contribution >= 0.6 is 0 Å². The third kappa shape index (κ3) is 7.83. The SMILES string of the molecule is ON(Cc1ccccc1)[C@@H]1O[C@H](COCc2ccccc2)[C@@H](OCc2ccccc2)[C@@H]1OCc1ccccc1. The smallest absolute Gasteiger partial charge is 0.162 e. The summed E-state index contributed by atoms with van der Waals surface area (Å²) in [5.74, 6) is 0. The fraction of sp³-hybridized carbons (Fsp3) is 0.273. The van der Waals surface area contributed by atoms with E-state index >= 15 is 0 Å². The van der Waals surface area contributed by atoms with E-state index in [9.17, 15) is 5.21 Å². The van der Waals surface area contributed by atoms with E-state index < -0.39 is 24.5 Å². The molecular weight excluding hydrogens is 490 g/mol. The number of hydroxylamine groups is 2. The van der Waals surface area contributed by atoms with Crippen molar-refractivity contribution in [1.82, 2.24) is 5.06 Å². The molecule has 1 fully saturated rings. The van der Waals surface area contributed by atoms with E-state index in [1.165, 1.54) is 5.06 Å². The molecule has 4 aromatic rings. The van der Waals surface area contributed by atoms with Gasteiger partial charge in [0.25, 0.3) is 0 Å². The Hall–Kier alpha value is -3.36. The lowest BCUT2D eigenvalue weighted by Crippen LogP contribution is -2.44. The molecule has 0 spiro atoms. The van der Waals surface area contributed by atoms with Crippen molar-refractivity contribution in [2.45, 2.75) is 50.9 Å². The maximum absolute atomic E-state index is 11.2. The highest BCUT2D eigenvalue weighted by Crippen LogP contribution is 2.31. The molecule has 0 saturated carbocycles. The summed E-state index contributed by atoms with van der Waals surface area (Å²) < 4.78 is 25.4. The molecule has 0 unspecified atom stereocenters. The molecule has 0 bridgehead atoms. The molecule has 5 rings (SSSR count). The van der Waals surface area contributed by atoms with Gasteiger partial charge in [0.05, 0.1) is 33.0 Å². The van der Waals surface area contributed by atoms with Gasteiger partial charge in [0.2, 0.25) is 0 Å². The van der Waals surface area contributed by atoms with Gasteiger partial charge >= 0.3 is 0 Å². The Labute approximate surface area is 230 Å². The largest absolute Gasteiger partial charge is 0.374 e. The molecule has 1 saturated heterocycles. The Kier molecular flexibility index (Phi) is 9.87. The van der Waals surface area contributed by atoms with Crippen molar-refractivity contribution in [3.8, 4) is 0 Å². The van der Waals surface area contributed by atoms with Crippen molar-refractivity contribution in [2.24, 2.45) is 0 Å². The molecule has 4 atom stereocenters. The fourth-order valence-corrected chi connectivity index (χ4v) is 4.72. The molecule has 39 heavy (non-hydrogen) atoms. The van der Waals surface area contributed by atoms with Crippen molar-refractivity contribution in [3.05, 3.63) is 144 Å². The molecule has 4 aromatic carbocycles. The zero-order chi connectivity index (χ0) is 26.7. The summed E-state index contributed by atoms with van der Waals surface area (Å²) in [5, 5.41) is 12.4. The summed E-state index contributed by atoms with van der Waals surface area (Å²) in [5.41, 5.74) is 4.14. The summed E-state index contributed by atoms with van der Waals surface area (Å²) >= 11 is 0. The minimum Gasteiger partial charge on any atom is -0.374 e. The lowest BCUT2D eigenvalue weighted by atomic mass is 10.1. The van der Waals surface area contributed by atoms with Crippen LogP contribution < -0.4 is 0 Å². The van der Waals surface area contributed by atoms with Crippen LogP contribution in [0.25, 0.3) is 0 Å². The van der Waals surface area contributed by atoms with Gasteiger partial charge in [0.1, 0.15) is 18.3 Å². The zero-order valence-electron chi connectivity index (χ0n) is 21.9. The maximum Gasteiger partial charge on any atom is 0.162 e. The molecule has 202 valence electrons. The quantitative estimate of drug-likeness (QED) is 0.216. The minimum atomic E-state index is -0.736. The highest BCUT2D eigenvalue weighted by atomic mass is 16.7. The molecule has 1 aliphatic heterocycles. The molecule has 1 N–H and O–H groups in total. The summed E-state index contributed by atoms with van der Waals surface area (Å²) in [6, 6.07) is 39.9. The normalized spacial score (nSPS) is 20.9. The minimum absolute atomic E-state index is 0.291. The average molecular weight is 526 g/mol. The van der Waals surface area contributed by atoms with Gasteiger partial charge in [-0.3, -0.25) is 0 Å². The summed E-state index contributed by atoms with van der Waals surface area (Å²) in [6.45, 7) is 1.81. The Morgan fingerprint density at radius 2 is 1.00 bits per heavy atom. The van der Waals surface area contributed by atoms with E-state index in [0.29, 0.717) is 33.0 Å². The van der Waals surface area contributed by atoms with Crippen LogP contribution in [0.3, 0.4) is 0 Å². The van der Waals surface area contributed by atoms with Crippen molar-refractivity contribution in [2.75, 3.05) is 6.61 Å². The Balaban J connectivity index is 1.35. The maximum atomic E-state index is 11.2. The monoisotopic (exact) mass is 525 g/mol. The third-order valence-corrected chi connectivity index (χ3v) is 6.73. The van der Waals surface area contributed by atoms with E-state index in [2.05, 4.69) is 0 Å². The second-order valence-electron chi connectivity index (χ2n) is 9.67. The van der Waals surface area contributed by atoms with Crippen LogP contribution in [-0.4, -0.2) is 41.4 Å². The second-order valence-corrected chi connectivity index (χ2v) is 9.67. The Bertz CT molecular complexity index is 1230. The van der Waals surface area contributed by atoms with Gasteiger partial charge in [-0.25, -0.2) is 0 Å². The molecule has 0 aliphatic carbocycles. The number of nitrogens with zero attached hydrogens (tertiary/aromatic N) is 1. The predicted molar refractivity (Wildman–Crippen MR) is 149 cm³/mol. The van der Waals surface area contributed by atoms with Gasteiger partial charge in [-0.2, -0.15) is 5.06 Å². The van der Waals surface area contributed by atoms with Gasteiger partial charge in [0.15, 0.2) is 6.23 Å². The van der Waals surface area contributed by atoms with E-state index in [1.807, 2.05) is 121 Å². The first-order valence-electron chi connectivity index (χ1n) is 13.3. The third-order valence-electron chi connectivity index (χ3n) is 6.73. The first-order chi connectivity index (χ1) is 19.3. The van der Waals surface area contributed by atoms with Crippen LogP contribution in [0.1, 0.15) is 22.3 Å². The molecule has 0 radical (unpaired) electrons. The molecule has 1 heterocycles. The molecular formula is C33H35NO5. The van der Waals surface area contributed by atoms with Crippen LogP contribution in [0.4, 0.5) is 0 Å². The van der Waals surface area contributed by atoms with Gasteiger partial charge in [-0.05, 0) is 22.3 Å². The lowest BCUT2D eigenvalue weighted by Gasteiger charge is -2.28. The fourth-order valence-electron chi connectivity index (χ4n) is 4.72. The first kappa shape index (κ1) is 27.2. The predicted octanol–water partition coefficient (Wildman–Crippen LogP) is 5.99. The van der Waals surface area contributed by atoms with E-state index in [0.717, 1.165) is 22.3 Å². The summed E-state index contributed by atoms with van der Waals surface area (Å²) in [6.07, 6.45) is -2.18. The van der Waals surface area contributed by atoms with Crippen LogP contribution in [-0.2, 0) is 45.3 Å². The molecule has 0 amide bonds. The van der Waals surface area contributed by atoms with Crippen molar-refractivity contribution < 1.29 is 24.2 Å². The van der Waals surface area contributed by atoms with Crippen molar-refractivity contribution in [3.63, 3.8) is 0 Å². The van der Waals surface area contributed by atoms with Gasteiger partial charge in [-0.1, -0.05) is 121 Å². The van der Waals surface area contributed by atoms with Gasteiger partial charge < -0.3 is 24.2 Å².